The van der Waals surface area contributed by atoms with E-state index in [1.807, 2.05) is 53.6 Å². The Morgan fingerprint density at radius 2 is 2.00 bits per heavy atom. The summed E-state index contributed by atoms with van der Waals surface area (Å²) in [5.41, 5.74) is 3.70. The number of carbonyl (C=O) groups excluding carboxylic acids is 2. The maximum atomic E-state index is 13.2. The topological polar surface area (TPSA) is 86.7 Å². The van der Waals surface area contributed by atoms with Crippen molar-refractivity contribution in [1.82, 2.24) is 15.2 Å². The fourth-order valence-corrected chi connectivity index (χ4v) is 5.38. The monoisotopic (exact) mass is 497 g/mol. The Balaban J connectivity index is 1.14. The fraction of sp³-hybridized carbons (Fsp3) is 0.400. The Labute approximate surface area is 218 Å². The Morgan fingerprint density at radius 1 is 1.14 bits per heavy atom. The predicted octanol–water partition coefficient (Wildman–Crippen LogP) is 5.00. The lowest BCUT2D eigenvalue weighted by Gasteiger charge is -2.33. The number of aldehydes is 1. The molecule has 0 saturated carbocycles. The first-order valence-corrected chi connectivity index (χ1v) is 13.4. The second-order valence-corrected chi connectivity index (χ2v) is 10.1. The highest BCUT2D eigenvalue weighted by Crippen LogP contribution is 2.31. The highest BCUT2D eigenvalue weighted by Gasteiger charge is 2.25. The predicted molar refractivity (Wildman–Crippen MR) is 148 cm³/mol. The summed E-state index contributed by atoms with van der Waals surface area (Å²) in [4.78, 5) is 35.6. The van der Waals surface area contributed by atoms with Crippen molar-refractivity contribution in [2.24, 2.45) is 10.9 Å². The Bertz CT molecular complexity index is 1270. The molecule has 1 atom stereocenters. The number of piperidine rings is 1. The zero-order chi connectivity index (χ0) is 25.5. The van der Waals surface area contributed by atoms with Crippen LogP contribution < -0.4 is 10.6 Å². The molecule has 2 aliphatic rings. The summed E-state index contributed by atoms with van der Waals surface area (Å²) in [6.45, 7) is 3.27. The summed E-state index contributed by atoms with van der Waals surface area (Å²) >= 11 is 0. The van der Waals surface area contributed by atoms with Crippen molar-refractivity contribution in [3.8, 4) is 0 Å². The van der Waals surface area contributed by atoms with Crippen molar-refractivity contribution in [2.45, 2.75) is 44.4 Å². The molecule has 1 fully saturated rings. The number of hydrogen-bond acceptors (Lipinski definition) is 6. The molecule has 5 rings (SSSR count). The molecular weight excluding hydrogens is 462 g/mol. The Morgan fingerprint density at radius 3 is 2.81 bits per heavy atom. The maximum Gasteiger partial charge on any atom is 0.253 e. The van der Waals surface area contributed by atoms with Gasteiger partial charge in [0.15, 0.2) is 5.96 Å². The molecule has 0 aliphatic carbocycles. The molecule has 2 N–H and O–H groups in total. The van der Waals surface area contributed by atoms with Gasteiger partial charge in [0.25, 0.3) is 5.91 Å². The number of aromatic nitrogens is 1. The van der Waals surface area contributed by atoms with Crippen molar-refractivity contribution in [1.29, 1.82) is 0 Å². The van der Waals surface area contributed by atoms with E-state index < -0.39 is 0 Å². The smallest absolute Gasteiger partial charge is 0.253 e. The summed E-state index contributed by atoms with van der Waals surface area (Å²) < 4.78 is 0. The van der Waals surface area contributed by atoms with Gasteiger partial charge < -0.3 is 20.3 Å². The van der Waals surface area contributed by atoms with Crippen LogP contribution in [0.2, 0.25) is 0 Å². The van der Waals surface area contributed by atoms with E-state index in [0.29, 0.717) is 17.9 Å². The van der Waals surface area contributed by atoms with Crippen LogP contribution in [0.25, 0.3) is 10.9 Å². The SMILES string of the molecule is O=CCC(CCC1CCN(C(=O)c2cccc(NC3=NCCCN3)c2)CC1)c1cnc2ccccc2c1. The number of para-hydroxylation sites is 1. The van der Waals surface area contributed by atoms with Crippen LogP contribution in [0.4, 0.5) is 5.69 Å². The summed E-state index contributed by atoms with van der Waals surface area (Å²) in [6.07, 6.45) is 8.52. The lowest BCUT2D eigenvalue weighted by atomic mass is 9.85. The number of amides is 1. The number of fused-ring (bicyclic) bond motifs is 1. The molecule has 192 valence electrons. The Hall–Kier alpha value is -3.74. The van der Waals surface area contributed by atoms with Gasteiger partial charge in [0.1, 0.15) is 6.29 Å². The normalized spacial score (nSPS) is 17.1. The first-order chi connectivity index (χ1) is 18.2. The second-order valence-electron chi connectivity index (χ2n) is 10.1. The number of hydrogen-bond donors (Lipinski definition) is 2. The number of benzene rings is 2. The van der Waals surface area contributed by atoms with E-state index in [1.165, 1.54) is 0 Å². The molecule has 0 spiro atoms. The van der Waals surface area contributed by atoms with Gasteiger partial charge in [0.2, 0.25) is 0 Å². The van der Waals surface area contributed by atoms with Crippen molar-refractivity contribution in [3.63, 3.8) is 0 Å². The molecule has 2 aromatic carbocycles. The minimum atomic E-state index is 0.0849. The lowest BCUT2D eigenvalue weighted by Crippen LogP contribution is -2.38. The molecule has 0 radical (unpaired) electrons. The van der Waals surface area contributed by atoms with E-state index in [1.54, 1.807) is 0 Å². The summed E-state index contributed by atoms with van der Waals surface area (Å²) in [5, 5.41) is 7.65. The van der Waals surface area contributed by atoms with Gasteiger partial charge in [-0.1, -0.05) is 24.3 Å². The molecule has 2 aliphatic heterocycles. The number of anilines is 1. The number of carbonyl (C=O) groups is 2. The van der Waals surface area contributed by atoms with E-state index in [0.717, 1.165) is 92.7 Å². The summed E-state index contributed by atoms with van der Waals surface area (Å²) in [6, 6.07) is 18.0. The quantitative estimate of drug-likeness (QED) is 0.428. The molecule has 7 heteroatoms. The van der Waals surface area contributed by atoms with Gasteiger partial charge in [0, 0.05) is 55.4 Å². The maximum absolute atomic E-state index is 13.2. The first kappa shape index (κ1) is 24.9. The largest absolute Gasteiger partial charge is 0.356 e. The van der Waals surface area contributed by atoms with Crippen molar-refractivity contribution in [2.75, 3.05) is 31.5 Å². The van der Waals surface area contributed by atoms with Crippen LogP contribution in [0.1, 0.15) is 60.4 Å². The third-order valence-electron chi connectivity index (χ3n) is 7.56. The lowest BCUT2D eigenvalue weighted by molar-refractivity contribution is -0.108. The van der Waals surface area contributed by atoms with Crippen LogP contribution in [0, 0.1) is 5.92 Å². The summed E-state index contributed by atoms with van der Waals surface area (Å²) in [7, 11) is 0. The van der Waals surface area contributed by atoms with Crippen LogP contribution in [0.15, 0.2) is 65.8 Å². The van der Waals surface area contributed by atoms with Gasteiger partial charge in [-0.25, -0.2) is 0 Å². The number of aliphatic imine (C=N–C) groups is 1. The van der Waals surface area contributed by atoms with Gasteiger partial charge in [-0.15, -0.1) is 0 Å². The minimum absolute atomic E-state index is 0.0849. The molecule has 3 aromatic rings. The molecule has 1 unspecified atom stereocenters. The van der Waals surface area contributed by atoms with Crippen LogP contribution in [0.5, 0.6) is 0 Å². The van der Waals surface area contributed by atoms with E-state index in [4.69, 9.17) is 0 Å². The number of nitrogens with zero attached hydrogens (tertiary/aromatic N) is 3. The number of likely N-dealkylation sites (tertiary alicyclic amines) is 1. The van der Waals surface area contributed by atoms with Crippen molar-refractivity contribution in [3.05, 3.63) is 71.9 Å². The number of rotatable bonds is 8. The van der Waals surface area contributed by atoms with Gasteiger partial charge in [-0.05, 0) is 79.8 Å². The van der Waals surface area contributed by atoms with Crippen molar-refractivity contribution < 1.29 is 9.59 Å². The van der Waals surface area contributed by atoms with Crippen LogP contribution >= 0.6 is 0 Å². The zero-order valence-electron chi connectivity index (χ0n) is 21.2. The number of pyridine rings is 1. The van der Waals surface area contributed by atoms with Gasteiger partial charge in [0.05, 0.1) is 5.52 Å². The minimum Gasteiger partial charge on any atom is -0.356 e. The third kappa shape index (κ3) is 6.34. The molecule has 1 amide bonds. The molecule has 37 heavy (non-hydrogen) atoms. The van der Waals surface area contributed by atoms with E-state index in [9.17, 15) is 9.59 Å². The van der Waals surface area contributed by atoms with E-state index in [-0.39, 0.29) is 11.8 Å². The standard InChI is InChI=1S/C30H35N5O2/c36-18-13-23(26-19-24-5-1-2-8-28(24)33-21-26)10-9-22-11-16-35(17-12-22)29(37)25-6-3-7-27(20-25)34-30-31-14-4-15-32-30/h1-3,5-8,18-23H,4,9-17H2,(H2,31,32,34). The second kappa shape index (κ2) is 12.0. The average Bonchev–Trinajstić information content (AvgIpc) is 2.95. The third-order valence-corrected chi connectivity index (χ3v) is 7.56. The van der Waals surface area contributed by atoms with Crippen LogP contribution in [-0.4, -0.2) is 54.2 Å². The Kier molecular flexibility index (Phi) is 8.08. The van der Waals surface area contributed by atoms with Crippen LogP contribution in [-0.2, 0) is 4.79 Å². The molecule has 0 bridgehead atoms. The fourth-order valence-electron chi connectivity index (χ4n) is 5.38. The van der Waals surface area contributed by atoms with E-state index in [2.05, 4.69) is 32.7 Å². The zero-order valence-corrected chi connectivity index (χ0v) is 21.2. The number of nitrogens with one attached hydrogen (secondary N) is 2. The number of guanidine groups is 1. The summed E-state index contributed by atoms with van der Waals surface area (Å²) in [5.74, 6) is 1.61. The van der Waals surface area contributed by atoms with Crippen molar-refractivity contribution >= 4 is 34.7 Å². The molecule has 1 aromatic heterocycles. The molecular formula is C30H35N5O2. The highest BCUT2D eigenvalue weighted by molar-refractivity contribution is 5.98. The first-order valence-electron chi connectivity index (χ1n) is 13.4. The van der Waals surface area contributed by atoms with Gasteiger partial charge in [-0.3, -0.25) is 14.8 Å². The van der Waals surface area contributed by atoms with E-state index >= 15 is 0 Å². The molecule has 7 nitrogen and oxygen atoms in total. The highest BCUT2D eigenvalue weighted by atomic mass is 16.2. The average molecular weight is 498 g/mol. The van der Waals surface area contributed by atoms with Crippen LogP contribution in [0.3, 0.4) is 0 Å². The van der Waals surface area contributed by atoms with Gasteiger partial charge >= 0.3 is 0 Å². The molecule has 1 saturated heterocycles. The van der Waals surface area contributed by atoms with Gasteiger partial charge in [-0.2, -0.15) is 0 Å². The molecule has 3 heterocycles.